The molecular formula is C10H14O4. The summed E-state index contributed by atoms with van der Waals surface area (Å²) in [6.45, 7) is 3.85. The number of fused-ring (bicyclic) bond motifs is 2. The number of carboxylic acids is 1. The predicted molar refractivity (Wildman–Crippen MR) is 47.5 cm³/mol. The molecule has 0 aromatic heterocycles. The zero-order valence-electron chi connectivity index (χ0n) is 8.32. The van der Waals surface area contributed by atoms with Crippen molar-refractivity contribution < 1.29 is 19.4 Å². The Morgan fingerprint density at radius 3 is 2.86 bits per heavy atom. The van der Waals surface area contributed by atoms with Crippen LogP contribution >= 0.6 is 0 Å². The molecule has 1 heterocycles. The van der Waals surface area contributed by atoms with Gasteiger partial charge in [0.2, 0.25) is 0 Å². The lowest BCUT2D eigenvalue weighted by molar-refractivity contribution is -0.152. The molecule has 1 aliphatic carbocycles. The molecule has 1 N–H and O–H groups in total. The molecule has 2 aliphatic rings. The number of rotatable bonds is 1. The van der Waals surface area contributed by atoms with Crippen molar-refractivity contribution in [3.8, 4) is 0 Å². The van der Waals surface area contributed by atoms with Crippen LogP contribution in [0.3, 0.4) is 0 Å². The summed E-state index contributed by atoms with van der Waals surface area (Å²) < 4.78 is 5.26. The maximum Gasteiger partial charge on any atom is 0.310 e. The monoisotopic (exact) mass is 198 g/mol. The highest BCUT2D eigenvalue weighted by Crippen LogP contribution is 2.48. The van der Waals surface area contributed by atoms with Crippen LogP contribution in [0, 0.1) is 17.8 Å². The van der Waals surface area contributed by atoms with Crippen LogP contribution in [0.5, 0.6) is 0 Å². The molecule has 14 heavy (non-hydrogen) atoms. The van der Waals surface area contributed by atoms with Gasteiger partial charge in [-0.15, -0.1) is 0 Å². The summed E-state index contributed by atoms with van der Waals surface area (Å²) in [5.74, 6) is -2.04. The summed E-state index contributed by atoms with van der Waals surface area (Å²) >= 11 is 0. The number of carbonyl (C=O) groups is 2. The third-order valence-electron chi connectivity index (χ3n) is 3.71. The van der Waals surface area contributed by atoms with Crippen LogP contribution < -0.4 is 0 Å². The maximum absolute atomic E-state index is 11.4. The van der Waals surface area contributed by atoms with E-state index in [0.717, 1.165) is 0 Å². The van der Waals surface area contributed by atoms with Crippen LogP contribution in [0.4, 0.5) is 0 Å². The number of hydrogen-bond donors (Lipinski definition) is 1. The molecule has 2 bridgehead atoms. The van der Waals surface area contributed by atoms with Crippen molar-refractivity contribution in [2.24, 2.45) is 17.8 Å². The van der Waals surface area contributed by atoms with Gasteiger partial charge in [-0.05, 0) is 19.3 Å². The Morgan fingerprint density at radius 2 is 2.29 bits per heavy atom. The van der Waals surface area contributed by atoms with Gasteiger partial charge in [-0.2, -0.15) is 0 Å². The van der Waals surface area contributed by atoms with Crippen LogP contribution in [-0.2, 0) is 14.3 Å². The minimum absolute atomic E-state index is 0.131. The fraction of sp³-hybridized carbons (Fsp3) is 0.800. The molecule has 1 unspecified atom stereocenters. The van der Waals surface area contributed by atoms with Crippen LogP contribution in [-0.4, -0.2) is 22.6 Å². The standard InChI is InChI=1S/C10H14O4/c1-5-3-6(8(11)12)7-4-10(5,2)14-9(7)13/h5-7H,3-4H2,1-2H3,(H,11,12)/t5?,6-,7+,10-/m1/s1. The van der Waals surface area contributed by atoms with Crippen molar-refractivity contribution in [3.05, 3.63) is 0 Å². The largest absolute Gasteiger partial charge is 0.481 e. The van der Waals surface area contributed by atoms with Crippen molar-refractivity contribution in [2.75, 3.05) is 0 Å². The van der Waals surface area contributed by atoms with Crippen molar-refractivity contribution in [3.63, 3.8) is 0 Å². The minimum atomic E-state index is -0.872. The Bertz CT molecular complexity index is 298. The molecule has 1 saturated heterocycles. The first-order valence-corrected chi connectivity index (χ1v) is 4.90. The van der Waals surface area contributed by atoms with E-state index < -0.39 is 23.4 Å². The summed E-state index contributed by atoms with van der Waals surface area (Å²) in [5, 5.41) is 8.97. The molecular weight excluding hydrogens is 184 g/mol. The number of ether oxygens (including phenoxy) is 1. The molecule has 0 aromatic carbocycles. The minimum Gasteiger partial charge on any atom is -0.481 e. The lowest BCUT2D eigenvalue weighted by atomic mass is 9.69. The Balaban J connectivity index is 2.30. The van der Waals surface area contributed by atoms with Gasteiger partial charge in [0.25, 0.3) is 0 Å². The van der Waals surface area contributed by atoms with Crippen molar-refractivity contribution in [1.82, 2.24) is 0 Å². The third-order valence-corrected chi connectivity index (χ3v) is 3.71. The SMILES string of the molecule is CC1C[C@@H](C(=O)O)[C@@H]2C[C@@]1(C)OC2=O. The van der Waals surface area contributed by atoms with Gasteiger partial charge in [0.05, 0.1) is 11.8 Å². The lowest BCUT2D eigenvalue weighted by Crippen LogP contribution is -2.40. The molecule has 4 heteroatoms. The maximum atomic E-state index is 11.4. The molecule has 1 aliphatic heterocycles. The lowest BCUT2D eigenvalue weighted by Gasteiger charge is -2.35. The van der Waals surface area contributed by atoms with Crippen LogP contribution in [0.1, 0.15) is 26.7 Å². The van der Waals surface area contributed by atoms with Gasteiger partial charge in [-0.1, -0.05) is 6.92 Å². The van der Waals surface area contributed by atoms with Gasteiger partial charge in [-0.25, -0.2) is 0 Å². The molecule has 78 valence electrons. The second kappa shape index (κ2) is 2.72. The zero-order valence-corrected chi connectivity index (χ0v) is 8.32. The Hall–Kier alpha value is -1.06. The van der Waals surface area contributed by atoms with Crippen LogP contribution in [0.2, 0.25) is 0 Å². The molecule has 2 fully saturated rings. The van der Waals surface area contributed by atoms with E-state index in [-0.39, 0.29) is 11.9 Å². The average molecular weight is 198 g/mol. The summed E-state index contributed by atoms with van der Waals surface area (Å²) in [5.41, 5.74) is -0.423. The number of aliphatic carboxylic acids is 1. The Labute approximate surface area is 82.2 Å². The van der Waals surface area contributed by atoms with E-state index in [1.165, 1.54) is 0 Å². The number of carboxylic acid groups (broad SMARTS) is 1. The molecule has 0 aromatic rings. The zero-order chi connectivity index (χ0) is 10.5. The molecule has 1 saturated carbocycles. The molecule has 0 radical (unpaired) electrons. The Kier molecular flexibility index (Phi) is 1.84. The van der Waals surface area contributed by atoms with Crippen molar-refractivity contribution >= 4 is 11.9 Å². The van der Waals surface area contributed by atoms with Gasteiger partial charge in [0.15, 0.2) is 0 Å². The van der Waals surface area contributed by atoms with E-state index in [4.69, 9.17) is 9.84 Å². The fourth-order valence-corrected chi connectivity index (χ4v) is 2.54. The molecule has 2 rings (SSSR count). The number of esters is 1. The highest BCUT2D eigenvalue weighted by Gasteiger charge is 2.56. The van der Waals surface area contributed by atoms with E-state index in [0.29, 0.717) is 12.8 Å². The number of hydrogen-bond acceptors (Lipinski definition) is 3. The van der Waals surface area contributed by atoms with Gasteiger partial charge < -0.3 is 9.84 Å². The highest BCUT2D eigenvalue weighted by molar-refractivity contribution is 5.83. The average Bonchev–Trinajstić information content (AvgIpc) is 2.33. The second-order valence-corrected chi connectivity index (χ2v) is 4.63. The first kappa shape index (κ1) is 9.49. The molecule has 4 atom stereocenters. The summed E-state index contributed by atoms with van der Waals surface area (Å²) in [4.78, 5) is 22.4. The van der Waals surface area contributed by atoms with E-state index >= 15 is 0 Å². The Morgan fingerprint density at radius 1 is 1.64 bits per heavy atom. The van der Waals surface area contributed by atoms with Crippen molar-refractivity contribution in [2.45, 2.75) is 32.3 Å². The molecule has 0 amide bonds. The predicted octanol–water partition coefficient (Wildman–Crippen LogP) is 1.05. The van der Waals surface area contributed by atoms with Crippen molar-refractivity contribution in [1.29, 1.82) is 0 Å². The topological polar surface area (TPSA) is 63.6 Å². The smallest absolute Gasteiger partial charge is 0.310 e. The second-order valence-electron chi connectivity index (χ2n) is 4.63. The van der Waals surface area contributed by atoms with E-state index in [2.05, 4.69) is 0 Å². The van der Waals surface area contributed by atoms with Gasteiger partial charge in [0, 0.05) is 6.42 Å². The first-order valence-electron chi connectivity index (χ1n) is 4.90. The van der Waals surface area contributed by atoms with Gasteiger partial charge in [-0.3, -0.25) is 9.59 Å². The van der Waals surface area contributed by atoms with E-state index in [1.807, 2.05) is 13.8 Å². The number of carbonyl (C=O) groups excluding carboxylic acids is 1. The fourth-order valence-electron chi connectivity index (χ4n) is 2.54. The van der Waals surface area contributed by atoms with E-state index in [9.17, 15) is 9.59 Å². The molecule has 0 spiro atoms. The normalized spacial score (nSPS) is 46.1. The third kappa shape index (κ3) is 1.13. The first-order chi connectivity index (χ1) is 6.44. The quantitative estimate of drug-likeness (QED) is 0.639. The summed E-state index contributed by atoms with van der Waals surface area (Å²) in [6, 6.07) is 0. The van der Waals surface area contributed by atoms with Gasteiger partial charge in [0.1, 0.15) is 5.60 Å². The summed E-state index contributed by atoms with van der Waals surface area (Å²) in [7, 11) is 0. The summed E-state index contributed by atoms with van der Waals surface area (Å²) in [6.07, 6.45) is 1.10. The van der Waals surface area contributed by atoms with E-state index in [1.54, 1.807) is 0 Å². The highest BCUT2D eigenvalue weighted by atomic mass is 16.6. The van der Waals surface area contributed by atoms with Crippen LogP contribution in [0.15, 0.2) is 0 Å². The van der Waals surface area contributed by atoms with Crippen LogP contribution in [0.25, 0.3) is 0 Å². The van der Waals surface area contributed by atoms with Gasteiger partial charge >= 0.3 is 11.9 Å². The molecule has 4 nitrogen and oxygen atoms in total.